The Hall–Kier alpha value is -1.32. The lowest BCUT2D eigenvalue weighted by Crippen LogP contribution is -2.59. The van der Waals surface area contributed by atoms with Crippen LogP contribution in [0.15, 0.2) is 36.0 Å². The molecule has 0 spiro atoms. The van der Waals surface area contributed by atoms with Crippen molar-refractivity contribution < 1.29 is 0 Å². The molecule has 24 heavy (non-hydrogen) atoms. The molecule has 1 saturated heterocycles. The van der Waals surface area contributed by atoms with Crippen molar-refractivity contribution in [3.05, 3.63) is 47.2 Å². The molecule has 1 aromatic carbocycles. The number of allylic oxidation sites excluding steroid dienone is 1. The topological polar surface area (TPSA) is 27.3 Å². The molecule has 132 valence electrons. The first kappa shape index (κ1) is 17.5. The molecule has 0 aromatic heterocycles. The van der Waals surface area contributed by atoms with Crippen molar-refractivity contribution >= 4 is 0 Å². The largest absolute Gasteiger partial charge is 0.361 e. The van der Waals surface area contributed by atoms with E-state index in [1.165, 1.54) is 23.2 Å². The second-order valence-electron chi connectivity index (χ2n) is 8.60. The highest BCUT2D eigenvalue weighted by Gasteiger charge is 2.37. The van der Waals surface area contributed by atoms with Crippen LogP contribution in [0.5, 0.6) is 0 Å². The first-order valence-electron chi connectivity index (χ1n) is 9.33. The zero-order chi connectivity index (χ0) is 17.5. The summed E-state index contributed by atoms with van der Waals surface area (Å²) in [7, 11) is 0. The smallest absolute Gasteiger partial charge is 0.135 e. The van der Waals surface area contributed by atoms with Crippen LogP contribution in [0.2, 0.25) is 0 Å². The van der Waals surface area contributed by atoms with Crippen molar-refractivity contribution in [3.63, 3.8) is 0 Å². The molecule has 0 radical (unpaired) electrons. The number of hydrogen-bond donors (Lipinski definition) is 2. The Bertz CT molecular complexity index is 597. The van der Waals surface area contributed by atoms with Gasteiger partial charge in [0.15, 0.2) is 0 Å². The van der Waals surface area contributed by atoms with E-state index < -0.39 is 0 Å². The molecule has 0 saturated carbocycles. The van der Waals surface area contributed by atoms with E-state index in [0.29, 0.717) is 18.0 Å². The van der Waals surface area contributed by atoms with Gasteiger partial charge in [0.05, 0.1) is 0 Å². The van der Waals surface area contributed by atoms with Crippen molar-refractivity contribution in [2.45, 2.75) is 77.7 Å². The monoisotopic (exact) mass is 327 g/mol. The fourth-order valence-corrected chi connectivity index (χ4v) is 4.16. The average molecular weight is 328 g/mol. The number of benzene rings is 1. The number of nitrogens with one attached hydrogen (secondary N) is 2. The molecule has 0 amide bonds. The van der Waals surface area contributed by atoms with Gasteiger partial charge in [-0.1, -0.05) is 45.0 Å². The van der Waals surface area contributed by atoms with Gasteiger partial charge in [0.1, 0.15) is 6.29 Å². The van der Waals surface area contributed by atoms with E-state index in [0.717, 1.165) is 6.54 Å². The summed E-state index contributed by atoms with van der Waals surface area (Å²) in [5.74, 6) is 0.615. The Morgan fingerprint density at radius 1 is 1.08 bits per heavy atom. The van der Waals surface area contributed by atoms with E-state index in [9.17, 15) is 0 Å². The fraction of sp³-hybridized carbons (Fsp3) is 0.619. The third-order valence-electron chi connectivity index (χ3n) is 5.63. The number of hydrogen-bond acceptors (Lipinski definition) is 3. The van der Waals surface area contributed by atoms with Crippen LogP contribution in [0.25, 0.3) is 0 Å². The van der Waals surface area contributed by atoms with Gasteiger partial charge < -0.3 is 5.32 Å². The molecule has 2 aliphatic heterocycles. The highest BCUT2D eigenvalue weighted by atomic mass is 15.4. The molecule has 0 bridgehead atoms. The Kier molecular flexibility index (Phi) is 4.76. The summed E-state index contributed by atoms with van der Waals surface area (Å²) < 4.78 is 0. The van der Waals surface area contributed by atoms with Gasteiger partial charge in [0, 0.05) is 30.2 Å². The van der Waals surface area contributed by atoms with Gasteiger partial charge in [-0.15, -0.1) is 0 Å². The Labute approximate surface area is 147 Å². The zero-order valence-electron chi connectivity index (χ0n) is 16.1. The SMILES string of the molecule is CC1=C[C@@H](C)N[C@H](N2CCC(c3ccc(C(C)(C)C)cc3)C2C)N1. The Morgan fingerprint density at radius 2 is 1.75 bits per heavy atom. The minimum Gasteiger partial charge on any atom is -0.361 e. The predicted octanol–water partition coefficient (Wildman–Crippen LogP) is 3.93. The van der Waals surface area contributed by atoms with Crippen LogP contribution >= 0.6 is 0 Å². The highest BCUT2D eigenvalue weighted by molar-refractivity contribution is 5.31. The van der Waals surface area contributed by atoms with E-state index in [4.69, 9.17) is 0 Å². The van der Waals surface area contributed by atoms with Gasteiger partial charge in [-0.05, 0) is 49.8 Å². The number of rotatable bonds is 2. The summed E-state index contributed by atoms with van der Waals surface area (Å²) in [5, 5.41) is 7.25. The Balaban J connectivity index is 1.72. The van der Waals surface area contributed by atoms with Crippen molar-refractivity contribution in [1.29, 1.82) is 0 Å². The lowest BCUT2D eigenvalue weighted by Gasteiger charge is -2.38. The number of nitrogens with zero attached hydrogens (tertiary/aromatic N) is 1. The van der Waals surface area contributed by atoms with Crippen molar-refractivity contribution in [2.24, 2.45) is 0 Å². The van der Waals surface area contributed by atoms with Crippen LogP contribution in [0.3, 0.4) is 0 Å². The van der Waals surface area contributed by atoms with Gasteiger partial charge in [-0.3, -0.25) is 10.2 Å². The van der Waals surface area contributed by atoms with Crippen LogP contribution in [0.4, 0.5) is 0 Å². The van der Waals surface area contributed by atoms with Crippen molar-refractivity contribution in [3.8, 4) is 0 Å². The molecule has 2 aliphatic rings. The summed E-state index contributed by atoms with van der Waals surface area (Å²) in [6.45, 7) is 14.7. The standard InChI is InChI=1S/C21H33N3/c1-14-13-15(2)23-20(22-14)24-12-11-19(16(24)3)17-7-9-18(10-8-17)21(4,5)6/h7-10,13-14,16,19-20,22-23H,11-12H2,1-6H3/t14-,16?,19?,20+/m1/s1. The summed E-state index contributed by atoms with van der Waals surface area (Å²) in [5.41, 5.74) is 4.39. The van der Waals surface area contributed by atoms with E-state index in [1.54, 1.807) is 0 Å². The quantitative estimate of drug-likeness (QED) is 0.862. The van der Waals surface area contributed by atoms with E-state index in [1.807, 2.05) is 0 Å². The van der Waals surface area contributed by atoms with E-state index >= 15 is 0 Å². The van der Waals surface area contributed by atoms with Crippen LogP contribution in [-0.4, -0.2) is 29.8 Å². The van der Waals surface area contributed by atoms with Crippen LogP contribution in [0.1, 0.15) is 65.0 Å². The lowest BCUT2D eigenvalue weighted by molar-refractivity contribution is 0.121. The van der Waals surface area contributed by atoms with Crippen LogP contribution < -0.4 is 10.6 Å². The molecule has 3 heteroatoms. The molecular formula is C21H33N3. The zero-order valence-corrected chi connectivity index (χ0v) is 16.1. The molecule has 4 atom stereocenters. The van der Waals surface area contributed by atoms with Gasteiger partial charge >= 0.3 is 0 Å². The second-order valence-corrected chi connectivity index (χ2v) is 8.60. The molecule has 3 rings (SSSR count). The molecule has 1 aromatic rings. The summed E-state index contributed by atoms with van der Waals surface area (Å²) in [6.07, 6.45) is 3.73. The van der Waals surface area contributed by atoms with Gasteiger partial charge in [-0.25, -0.2) is 0 Å². The predicted molar refractivity (Wildman–Crippen MR) is 102 cm³/mol. The Morgan fingerprint density at radius 3 is 2.33 bits per heavy atom. The maximum absolute atomic E-state index is 3.66. The summed E-state index contributed by atoms with van der Waals surface area (Å²) >= 11 is 0. The first-order chi connectivity index (χ1) is 11.3. The van der Waals surface area contributed by atoms with Crippen molar-refractivity contribution in [1.82, 2.24) is 15.5 Å². The molecule has 3 nitrogen and oxygen atoms in total. The van der Waals surface area contributed by atoms with Crippen LogP contribution in [-0.2, 0) is 5.41 Å². The molecule has 2 unspecified atom stereocenters. The van der Waals surface area contributed by atoms with Crippen LogP contribution in [0, 0.1) is 0 Å². The van der Waals surface area contributed by atoms with E-state index in [2.05, 4.69) is 87.4 Å². The minimum absolute atomic E-state index is 0.224. The maximum Gasteiger partial charge on any atom is 0.135 e. The maximum atomic E-state index is 3.66. The van der Waals surface area contributed by atoms with E-state index in [-0.39, 0.29) is 11.7 Å². The molecule has 2 N–H and O–H groups in total. The second kappa shape index (κ2) is 6.53. The van der Waals surface area contributed by atoms with Gasteiger partial charge in [-0.2, -0.15) is 0 Å². The molecule has 0 aliphatic carbocycles. The fourth-order valence-electron chi connectivity index (χ4n) is 4.16. The van der Waals surface area contributed by atoms with Gasteiger partial charge in [0.2, 0.25) is 0 Å². The molecule has 1 fully saturated rings. The number of likely N-dealkylation sites (tertiary alicyclic amines) is 1. The minimum atomic E-state index is 0.224. The third kappa shape index (κ3) is 3.52. The lowest BCUT2D eigenvalue weighted by atomic mass is 9.84. The molecular weight excluding hydrogens is 294 g/mol. The summed E-state index contributed by atoms with van der Waals surface area (Å²) in [4.78, 5) is 2.58. The highest BCUT2D eigenvalue weighted by Crippen LogP contribution is 2.35. The van der Waals surface area contributed by atoms with Gasteiger partial charge in [0.25, 0.3) is 0 Å². The first-order valence-corrected chi connectivity index (χ1v) is 9.33. The molecule has 2 heterocycles. The normalized spacial score (nSPS) is 31.7. The van der Waals surface area contributed by atoms with Crippen molar-refractivity contribution in [2.75, 3.05) is 6.54 Å². The summed E-state index contributed by atoms with van der Waals surface area (Å²) in [6, 6.07) is 10.3. The average Bonchev–Trinajstić information content (AvgIpc) is 2.87. The third-order valence-corrected chi connectivity index (χ3v) is 5.63.